The predicted molar refractivity (Wildman–Crippen MR) is 79.7 cm³/mol. The highest BCUT2D eigenvalue weighted by molar-refractivity contribution is 9.10. The van der Waals surface area contributed by atoms with Crippen LogP contribution >= 0.6 is 27.5 Å². The average Bonchev–Trinajstić information content (AvgIpc) is 2.36. The predicted octanol–water partition coefficient (Wildman–Crippen LogP) is 3.40. The maximum atomic E-state index is 12.1. The highest BCUT2D eigenvalue weighted by Crippen LogP contribution is 2.29. The molecule has 4 nitrogen and oxygen atoms in total. The third-order valence-electron chi connectivity index (χ3n) is 3.24. The van der Waals surface area contributed by atoms with E-state index in [9.17, 15) is 9.90 Å². The maximum Gasteiger partial charge on any atom is 0.321 e. The minimum Gasteiger partial charge on any atom is -0.393 e. The summed E-state index contributed by atoms with van der Waals surface area (Å²) in [5.41, 5.74) is 1.61. The number of amides is 2. The molecule has 1 heterocycles. The number of nitrogens with zero attached hydrogens (tertiary/aromatic N) is 1. The lowest BCUT2D eigenvalue weighted by Gasteiger charge is -2.29. The van der Waals surface area contributed by atoms with Crippen molar-refractivity contribution in [1.29, 1.82) is 0 Å². The third-order valence-corrected chi connectivity index (χ3v) is 4.41. The van der Waals surface area contributed by atoms with Gasteiger partial charge in [0.05, 0.1) is 16.8 Å². The molecule has 0 radical (unpaired) electrons. The number of aliphatic hydroxyl groups excluding tert-OH is 1. The fraction of sp³-hybridized carbons (Fsp3) is 0.462. The number of carbonyl (C=O) groups excluding carboxylic acids is 1. The quantitative estimate of drug-likeness (QED) is 0.818. The standard InChI is InChI=1S/C13H16BrClN2O2/c1-8-6-11(15)12(7-10(8)14)16-13(19)17-4-2-9(18)3-5-17/h6-7,9,18H,2-5H2,1H3,(H,16,19). The Hall–Kier alpha value is -0.780. The number of carbonyl (C=O) groups is 1. The SMILES string of the molecule is Cc1cc(Cl)c(NC(=O)N2CCC(O)CC2)cc1Br. The fourth-order valence-corrected chi connectivity index (χ4v) is 2.61. The van der Waals surface area contributed by atoms with E-state index in [1.807, 2.05) is 6.92 Å². The van der Waals surface area contributed by atoms with Gasteiger partial charge in [-0.25, -0.2) is 4.79 Å². The number of aliphatic hydroxyl groups is 1. The monoisotopic (exact) mass is 346 g/mol. The van der Waals surface area contributed by atoms with Crippen LogP contribution < -0.4 is 5.32 Å². The van der Waals surface area contributed by atoms with Crippen molar-refractivity contribution in [3.05, 3.63) is 27.2 Å². The smallest absolute Gasteiger partial charge is 0.321 e. The molecule has 0 unspecified atom stereocenters. The number of benzene rings is 1. The van der Waals surface area contributed by atoms with E-state index in [1.54, 1.807) is 17.0 Å². The van der Waals surface area contributed by atoms with Crippen molar-refractivity contribution in [3.63, 3.8) is 0 Å². The van der Waals surface area contributed by atoms with Crippen LogP contribution in [0.25, 0.3) is 0 Å². The van der Waals surface area contributed by atoms with E-state index in [-0.39, 0.29) is 12.1 Å². The normalized spacial score (nSPS) is 16.5. The molecule has 1 aliphatic rings. The number of nitrogens with one attached hydrogen (secondary N) is 1. The van der Waals surface area contributed by atoms with E-state index in [4.69, 9.17) is 11.6 Å². The second-order valence-corrected chi connectivity index (χ2v) is 5.99. The van der Waals surface area contributed by atoms with Crippen LogP contribution in [0.5, 0.6) is 0 Å². The molecule has 2 amide bonds. The molecule has 1 aromatic rings. The van der Waals surface area contributed by atoms with Crippen molar-refractivity contribution in [3.8, 4) is 0 Å². The lowest BCUT2D eigenvalue weighted by molar-refractivity contribution is 0.0972. The van der Waals surface area contributed by atoms with Gasteiger partial charge in [0.15, 0.2) is 0 Å². The van der Waals surface area contributed by atoms with Gasteiger partial charge in [-0.3, -0.25) is 0 Å². The summed E-state index contributed by atoms with van der Waals surface area (Å²) in [4.78, 5) is 13.8. The summed E-state index contributed by atoms with van der Waals surface area (Å²) in [6.07, 6.45) is 0.957. The van der Waals surface area contributed by atoms with Crippen molar-refractivity contribution < 1.29 is 9.90 Å². The largest absolute Gasteiger partial charge is 0.393 e. The summed E-state index contributed by atoms with van der Waals surface area (Å²) >= 11 is 9.53. The van der Waals surface area contributed by atoms with Crippen LogP contribution in [-0.4, -0.2) is 35.2 Å². The summed E-state index contributed by atoms with van der Waals surface area (Å²) in [6.45, 7) is 3.07. The van der Waals surface area contributed by atoms with E-state index in [1.165, 1.54) is 0 Å². The van der Waals surface area contributed by atoms with Crippen molar-refractivity contribution in [2.24, 2.45) is 0 Å². The number of urea groups is 1. The van der Waals surface area contributed by atoms with Crippen molar-refractivity contribution >= 4 is 39.2 Å². The van der Waals surface area contributed by atoms with Crippen LogP contribution in [0.1, 0.15) is 18.4 Å². The van der Waals surface area contributed by atoms with Gasteiger partial charge in [0, 0.05) is 17.6 Å². The Bertz CT molecular complexity index is 488. The molecule has 1 saturated heterocycles. The van der Waals surface area contributed by atoms with Gasteiger partial charge in [-0.2, -0.15) is 0 Å². The van der Waals surface area contributed by atoms with Gasteiger partial charge < -0.3 is 15.3 Å². The van der Waals surface area contributed by atoms with Gasteiger partial charge in [-0.1, -0.05) is 27.5 Å². The lowest BCUT2D eigenvalue weighted by atomic mass is 10.1. The molecule has 0 aromatic heterocycles. The Morgan fingerprint density at radius 2 is 2.11 bits per heavy atom. The van der Waals surface area contributed by atoms with Crippen LogP contribution in [0.2, 0.25) is 5.02 Å². The number of halogens is 2. The zero-order valence-electron chi connectivity index (χ0n) is 10.6. The van der Waals surface area contributed by atoms with E-state index in [0.29, 0.717) is 36.6 Å². The van der Waals surface area contributed by atoms with Crippen molar-refractivity contribution in [1.82, 2.24) is 4.90 Å². The highest BCUT2D eigenvalue weighted by atomic mass is 79.9. The first kappa shape index (κ1) is 14.6. The van der Waals surface area contributed by atoms with Crippen LogP contribution in [0.15, 0.2) is 16.6 Å². The van der Waals surface area contributed by atoms with Gasteiger partial charge in [0.2, 0.25) is 0 Å². The summed E-state index contributed by atoms with van der Waals surface area (Å²) in [5, 5.41) is 12.7. The number of anilines is 1. The molecule has 0 spiro atoms. The molecular formula is C13H16BrClN2O2. The molecule has 0 atom stereocenters. The molecule has 6 heteroatoms. The Kier molecular flexibility index (Phi) is 4.71. The van der Waals surface area contributed by atoms with Crippen LogP contribution in [0.4, 0.5) is 10.5 Å². The first-order valence-corrected chi connectivity index (χ1v) is 7.34. The summed E-state index contributed by atoms with van der Waals surface area (Å²) in [7, 11) is 0. The Balaban J connectivity index is 2.05. The van der Waals surface area contributed by atoms with E-state index in [0.717, 1.165) is 10.0 Å². The van der Waals surface area contributed by atoms with Gasteiger partial charge in [0.25, 0.3) is 0 Å². The summed E-state index contributed by atoms with van der Waals surface area (Å²) in [6, 6.07) is 3.43. The molecule has 0 bridgehead atoms. The van der Waals surface area contributed by atoms with Crippen LogP contribution in [0.3, 0.4) is 0 Å². The topological polar surface area (TPSA) is 52.6 Å². The van der Waals surface area contributed by atoms with Gasteiger partial charge in [-0.15, -0.1) is 0 Å². The summed E-state index contributed by atoms with van der Waals surface area (Å²) in [5.74, 6) is 0. The van der Waals surface area contributed by atoms with Gasteiger partial charge >= 0.3 is 6.03 Å². The first-order chi connectivity index (χ1) is 8.97. The Morgan fingerprint density at radius 3 is 2.74 bits per heavy atom. The lowest BCUT2D eigenvalue weighted by Crippen LogP contribution is -2.42. The minimum atomic E-state index is -0.291. The average molecular weight is 348 g/mol. The zero-order chi connectivity index (χ0) is 14.0. The number of piperidine rings is 1. The highest BCUT2D eigenvalue weighted by Gasteiger charge is 2.21. The van der Waals surface area contributed by atoms with E-state index >= 15 is 0 Å². The molecule has 1 fully saturated rings. The minimum absolute atomic E-state index is 0.176. The molecule has 19 heavy (non-hydrogen) atoms. The second-order valence-electron chi connectivity index (χ2n) is 4.73. The molecule has 0 saturated carbocycles. The zero-order valence-corrected chi connectivity index (χ0v) is 13.0. The number of aryl methyl sites for hydroxylation is 1. The maximum absolute atomic E-state index is 12.1. The van der Waals surface area contributed by atoms with Crippen LogP contribution in [-0.2, 0) is 0 Å². The summed E-state index contributed by atoms with van der Waals surface area (Å²) < 4.78 is 0.904. The van der Waals surface area contributed by atoms with Gasteiger partial charge in [0.1, 0.15) is 0 Å². The Labute approximate surface area is 125 Å². The number of hydrogen-bond donors (Lipinski definition) is 2. The number of hydrogen-bond acceptors (Lipinski definition) is 2. The van der Waals surface area contributed by atoms with E-state index in [2.05, 4.69) is 21.2 Å². The molecule has 0 aliphatic carbocycles. The first-order valence-electron chi connectivity index (χ1n) is 6.17. The molecule has 2 rings (SSSR count). The number of likely N-dealkylation sites (tertiary alicyclic amines) is 1. The number of rotatable bonds is 1. The molecule has 1 aromatic carbocycles. The fourth-order valence-electron chi connectivity index (χ4n) is 2.01. The van der Waals surface area contributed by atoms with Crippen molar-refractivity contribution in [2.75, 3.05) is 18.4 Å². The van der Waals surface area contributed by atoms with Crippen LogP contribution in [0, 0.1) is 6.92 Å². The molecule has 2 N–H and O–H groups in total. The second kappa shape index (κ2) is 6.11. The van der Waals surface area contributed by atoms with Crippen molar-refractivity contribution in [2.45, 2.75) is 25.9 Å². The Morgan fingerprint density at radius 1 is 1.47 bits per heavy atom. The third kappa shape index (κ3) is 3.61. The van der Waals surface area contributed by atoms with E-state index < -0.39 is 0 Å². The molecular weight excluding hydrogens is 332 g/mol. The molecule has 1 aliphatic heterocycles. The molecule has 104 valence electrons. The van der Waals surface area contributed by atoms with Gasteiger partial charge in [-0.05, 0) is 37.5 Å².